The third-order valence-electron chi connectivity index (χ3n) is 6.21. The van der Waals surface area contributed by atoms with Gasteiger partial charge in [-0.2, -0.15) is 0 Å². The van der Waals surface area contributed by atoms with Crippen molar-refractivity contribution in [2.24, 2.45) is 0 Å². The Labute approximate surface area is 181 Å². The van der Waals surface area contributed by atoms with Crippen LogP contribution >= 0.6 is 0 Å². The van der Waals surface area contributed by atoms with Crippen molar-refractivity contribution < 1.29 is 9.59 Å². The first-order valence-electron chi connectivity index (χ1n) is 10.8. The van der Waals surface area contributed by atoms with Gasteiger partial charge in [0.05, 0.1) is 5.56 Å². The molecular weight excluding hydrogens is 384 g/mol. The van der Waals surface area contributed by atoms with Crippen LogP contribution in [0.4, 0.5) is 0 Å². The molecule has 2 heterocycles. The van der Waals surface area contributed by atoms with Gasteiger partial charge in [-0.25, -0.2) is 0 Å². The van der Waals surface area contributed by atoms with E-state index in [0.29, 0.717) is 35.7 Å². The minimum Gasteiger partial charge on any atom is -0.358 e. The highest BCUT2D eigenvalue weighted by Gasteiger charge is 2.27. The molecule has 1 aliphatic heterocycles. The highest BCUT2D eigenvalue weighted by molar-refractivity contribution is 6.15. The fourth-order valence-corrected chi connectivity index (χ4v) is 4.49. The first-order chi connectivity index (χ1) is 15.2. The van der Waals surface area contributed by atoms with Crippen molar-refractivity contribution in [3.05, 3.63) is 107 Å². The zero-order valence-electron chi connectivity index (χ0n) is 17.3. The van der Waals surface area contributed by atoms with Gasteiger partial charge in [-0.15, -0.1) is 0 Å². The maximum atomic E-state index is 13.3. The van der Waals surface area contributed by atoms with Crippen molar-refractivity contribution in [3.8, 4) is 0 Å². The van der Waals surface area contributed by atoms with E-state index < -0.39 is 0 Å². The van der Waals surface area contributed by atoms with E-state index in [4.69, 9.17) is 0 Å². The molecule has 154 valence electrons. The van der Waals surface area contributed by atoms with Gasteiger partial charge < -0.3 is 9.88 Å². The first-order valence-corrected chi connectivity index (χ1v) is 10.8. The quantitative estimate of drug-likeness (QED) is 0.459. The van der Waals surface area contributed by atoms with Crippen LogP contribution in [0.5, 0.6) is 0 Å². The van der Waals surface area contributed by atoms with Crippen molar-refractivity contribution in [1.29, 1.82) is 0 Å². The molecule has 0 saturated carbocycles. The van der Waals surface area contributed by atoms with Gasteiger partial charge >= 0.3 is 0 Å². The number of nitrogens with zero attached hydrogens (tertiary/aromatic N) is 1. The van der Waals surface area contributed by atoms with Crippen LogP contribution in [0.15, 0.2) is 84.9 Å². The van der Waals surface area contributed by atoms with Gasteiger partial charge in [-0.1, -0.05) is 66.7 Å². The molecule has 1 saturated heterocycles. The van der Waals surface area contributed by atoms with Crippen LogP contribution in [0.2, 0.25) is 0 Å². The lowest BCUT2D eigenvalue weighted by molar-refractivity contribution is 0.0708. The summed E-state index contributed by atoms with van der Waals surface area (Å²) in [5, 5.41) is 1.23. The molecule has 1 amide bonds. The highest BCUT2D eigenvalue weighted by Crippen LogP contribution is 2.30. The van der Waals surface area contributed by atoms with Gasteiger partial charge in [-0.3, -0.25) is 9.59 Å². The average molecular weight is 409 g/mol. The molecule has 3 aromatic carbocycles. The summed E-state index contributed by atoms with van der Waals surface area (Å²) in [6.07, 6.45) is 1.82. The summed E-state index contributed by atoms with van der Waals surface area (Å²) in [5.41, 5.74) is 3.95. The molecule has 0 radical (unpaired) electrons. The number of hydrogen-bond donors (Lipinski definition) is 1. The van der Waals surface area contributed by atoms with E-state index in [1.165, 1.54) is 11.1 Å². The number of fused-ring (bicyclic) bond motifs is 1. The number of hydrogen-bond acceptors (Lipinski definition) is 2. The van der Waals surface area contributed by atoms with E-state index in [1.807, 2.05) is 41.3 Å². The van der Waals surface area contributed by atoms with Crippen molar-refractivity contribution in [2.75, 3.05) is 13.1 Å². The summed E-state index contributed by atoms with van der Waals surface area (Å²) in [6, 6.07) is 26.8. The van der Waals surface area contributed by atoms with Crippen LogP contribution in [-0.2, 0) is 0 Å². The molecule has 31 heavy (non-hydrogen) atoms. The number of H-pyrrole nitrogens is 1. The number of piperidine rings is 1. The molecule has 4 heteroatoms. The fourth-order valence-electron chi connectivity index (χ4n) is 4.49. The second kappa shape index (κ2) is 8.23. The average Bonchev–Trinajstić information content (AvgIpc) is 3.28. The third kappa shape index (κ3) is 3.77. The van der Waals surface area contributed by atoms with Crippen LogP contribution in [0, 0.1) is 0 Å². The van der Waals surface area contributed by atoms with Crippen molar-refractivity contribution in [3.63, 3.8) is 0 Å². The SMILES string of the molecule is O=C(c1ccccc1)c1ccccc1C(=O)N1CCC(c2cc3ccccc3[nH]2)CC1. The van der Waals surface area contributed by atoms with Crippen LogP contribution in [0.25, 0.3) is 10.9 Å². The normalized spacial score (nSPS) is 14.6. The van der Waals surface area contributed by atoms with Crippen LogP contribution in [0.3, 0.4) is 0 Å². The zero-order chi connectivity index (χ0) is 21.2. The Morgan fingerprint density at radius 3 is 2.16 bits per heavy atom. The summed E-state index contributed by atoms with van der Waals surface area (Å²) in [7, 11) is 0. The summed E-state index contributed by atoms with van der Waals surface area (Å²) in [4.78, 5) is 31.7. The smallest absolute Gasteiger partial charge is 0.254 e. The zero-order valence-corrected chi connectivity index (χ0v) is 17.3. The van der Waals surface area contributed by atoms with E-state index in [2.05, 4.69) is 29.2 Å². The third-order valence-corrected chi connectivity index (χ3v) is 6.21. The largest absolute Gasteiger partial charge is 0.358 e. The molecule has 0 atom stereocenters. The molecule has 0 bridgehead atoms. The maximum Gasteiger partial charge on any atom is 0.254 e. The van der Waals surface area contributed by atoms with E-state index >= 15 is 0 Å². The number of ketones is 1. The Balaban J connectivity index is 1.32. The lowest BCUT2D eigenvalue weighted by Gasteiger charge is -2.32. The molecule has 1 aromatic heterocycles. The lowest BCUT2D eigenvalue weighted by atomic mass is 9.92. The molecular formula is C27H24N2O2. The minimum atomic E-state index is -0.113. The molecule has 4 aromatic rings. The number of aromatic nitrogens is 1. The van der Waals surface area contributed by atoms with Crippen molar-refractivity contribution >= 4 is 22.6 Å². The van der Waals surface area contributed by atoms with Crippen molar-refractivity contribution in [2.45, 2.75) is 18.8 Å². The van der Waals surface area contributed by atoms with Crippen LogP contribution in [0.1, 0.15) is 50.7 Å². The number of carbonyl (C=O) groups is 2. The predicted octanol–water partition coefficient (Wildman–Crippen LogP) is 5.42. The summed E-state index contributed by atoms with van der Waals surface area (Å²) >= 11 is 0. The molecule has 0 unspecified atom stereocenters. The fraction of sp³-hybridized carbons (Fsp3) is 0.185. The Bertz CT molecular complexity index is 1200. The number of rotatable bonds is 4. The van der Waals surface area contributed by atoms with Crippen molar-refractivity contribution in [1.82, 2.24) is 9.88 Å². The monoisotopic (exact) mass is 408 g/mol. The minimum absolute atomic E-state index is 0.0602. The maximum absolute atomic E-state index is 13.3. The first kappa shape index (κ1) is 19.3. The Morgan fingerprint density at radius 2 is 1.42 bits per heavy atom. The van der Waals surface area contributed by atoms with Crippen LogP contribution < -0.4 is 0 Å². The van der Waals surface area contributed by atoms with E-state index in [0.717, 1.165) is 18.4 Å². The van der Waals surface area contributed by atoms with Gasteiger partial charge in [0.2, 0.25) is 0 Å². The Morgan fingerprint density at radius 1 is 0.774 bits per heavy atom. The number of aromatic amines is 1. The van der Waals surface area contributed by atoms with E-state index in [9.17, 15) is 9.59 Å². The number of para-hydroxylation sites is 1. The number of nitrogens with one attached hydrogen (secondary N) is 1. The number of carbonyl (C=O) groups excluding carboxylic acids is 2. The Kier molecular flexibility index (Phi) is 5.13. The number of amides is 1. The van der Waals surface area contributed by atoms with E-state index in [-0.39, 0.29) is 11.7 Å². The summed E-state index contributed by atoms with van der Waals surface area (Å²) in [6.45, 7) is 1.37. The highest BCUT2D eigenvalue weighted by atomic mass is 16.2. The molecule has 0 aliphatic carbocycles. The molecule has 1 N–H and O–H groups in total. The summed E-state index contributed by atoms with van der Waals surface area (Å²) in [5.74, 6) is 0.241. The molecule has 5 rings (SSSR count). The topological polar surface area (TPSA) is 53.2 Å². The van der Waals surface area contributed by atoms with Gasteiger partial charge in [0, 0.05) is 41.3 Å². The second-order valence-corrected chi connectivity index (χ2v) is 8.12. The van der Waals surface area contributed by atoms with Gasteiger partial charge in [-0.05, 0) is 36.4 Å². The molecule has 1 fully saturated rings. The summed E-state index contributed by atoms with van der Waals surface area (Å²) < 4.78 is 0. The van der Waals surface area contributed by atoms with Gasteiger partial charge in [0.1, 0.15) is 0 Å². The Hall–Kier alpha value is -3.66. The molecule has 0 spiro atoms. The van der Waals surface area contributed by atoms with Gasteiger partial charge in [0.25, 0.3) is 5.91 Å². The van der Waals surface area contributed by atoms with E-state index in [1.54, 1.807) is 24.3 Å². The predicted molar refractivity (Wildman–Crippen MR) is 122 cm³/mol. The molecule has 1 aliphatic rings. The number of likely N-dealkylation sites (tertiary alicyclic amines) is 1. The van der Waals surface area contributed by atoms with Gasteiger partial charge in [0.15, 0.2) is 5.78 Å². The molecule has 4 nitrogen and oxygen atoms in total. The second-order valence-electron chi connectivity index (χ2n) is 8.12. The lowest BCUT2D eigenvalue weighted by Crippen LogP contribution is -2.38. The standard InChI is InChI=1S/C27H24N2O2/c30-26(20-8-2-1-3-9-20)22-11-5-6-12-23(22)27(31)29-16-14-19(15-17-29)25-18-21-10-4-7-13-24(21)28-25/h1-13,18-19,28H,14-17H2. The van der Waals surface area contributed by atoms with Crippen LogP contribution in [-0.4, -0.2) is 34.7 Å². The number of benzene rings is 3.